The van der Waals surface area contributed by atoms with Gasteiger partial charge in [0.05, 0.1) is 0 Å². The summed E-state index contributed by atoms with van der Waals surface area (Å²) in [5.74, 6) is 0.677. The lowest BCUT2D eigenvalue weighted by Gasteiger charge is -2.21. The highest BCUT2D eigenvalue weighted by atomic mass is 19.1. The average Bonchev–Trinajstić information content (AvgIpc) is 2.50. The van der Waals surface area contributed by atoms with Crippen molar-refractivity contribution in [1.82, 2.24) is 4.90 Å². The molecular weight excluding hydrogens is 269 g/mol. The first kappa shape index (κ1) is 15.4. The molecule has 1 aliphatic rings. The first-order chi connectivity index (χ1) is 10.2. The van der Waals surface area contributed by atoms with Gasteiger partial charge in [-0.15, -0.1) is 0 Å². The molecular formula is C17H20FNO2. The molecule has 4 heteroatoms. The molecule has 0 aromatic heterocycles. The van der Waals surface area contributed by atoms with Crippen molar-refractivity contribution in [2.24, 2.45) is 0 Å². The summed E-state index contributed by atoms with van der Waals surface area (Å²) in [5.41, 5.74) is 1.41. The Kier molecular flexibility index (Phi) is 5.69. The molecule has 0 spiro atoms. The Labute approximate surface area is 124 Å². The molecule has 1 aromatic rings. The molecule has 0 aliphatic heterocycles. The van der Waals surface area contributed by atoms with E-state index in [9.17, 15) is 9.18 Å². The molecule has 21 heavy (non-hydrogen) atoms. The number of ether oxygens (including phenoxy) is 1. The van der Waals surface area contributed by atoms with Crippen molar-refractivity contribution in [3.8, 4) is 5.75 Å². The molecule has 0 N–H and O–H groups in total. The number of likely N-dealkylation sites (N-methyl/N-ethyl adjacent to an activating group) is 1. The van der Waals surface area contributed by atoms with Crippen molar-refractivity contribution in [1.29, 1.82) is 0 Å². The van der Waals surface area contributed by atoms with Crippen molar-refractivity contribution >= 4 is 6.29 Å². The number of rotatable bonds is 7. The van der Waals surface area contributed by atoms with Gasteiger partial charge in [0.2, 0.25) is 0 Å². The number of aldehydes is 1. The largest absolute Gasteiger partial charge is 0.492 e. The van der Waals surface area contributed by atoms with E-state index >= 15 is 0 Å². The average molecular weight is 289 g/mol. The lowest BCUT2D eigenvalue weighted by Crippen LogP contribution is -2.29. The number of allylic oxidation sites excluding steroid dienone is 3. The minimum absolute atomic E-state index is 0.467. The van der Waals surface area contributed by atoms with Crippen molar-refractivity contribution in [3.63, 3.8) is 0 Å². The number of carbonyl (C=O) groups excluding carboxylic acids is 1. The van der Waals surface area contributed by atoms with Crippen LogP contribution in [0.4, 0.5) is 4.39 Å². The number of nitrogens with zero attached hydrogens (tertiary/aromatic N) is 1. The number of hydrogen-bond donors (Lipinski definition) is 0. The summed E-state index contributed by atoms with van der Waals surface area (Å²) in [7, 11) is 1.94. The van der Waals surface area contributed by atoms with Gasteiger partial charge in [-0.1, -0.05) is 30.4 Å². The number of benzene rings is 1. The van der Waals surface area contributed by atoms with Crippen LogP contribution in [0.5, 0.6) is 5.75 Å². The molecule has 0 amide bonds. The Morgan fingerprint density at radius 3 is 3.10 bits per heavy atom. The number of carbonyl (C=O) groups is 1. The second-order valence-electron chi connectivity index (χ2n) is 5.15. The topological polar surface area (TPSA) is 29.5 Å². The first-order valence-electron chi connectivity index (χ1n) is 7.05. The predicted octanol–water partition coefficient (Wildman–Crippen LogP) is 3.03. The van der Waals surface area contributed by atoms with Crippen molar-refractivity contribution in [2.75, 3.05) is 26.7 Å². The molecule has 0 saturated carbocycles. The Balaban J connectivity index is 1.76. The first-order valence-corrected chi connectivity index (χ1v) is 7.05. The molecule has 1 aliphatic carbocycles. The fourth-order valence-corrected chi connectivity index (χ4v) is 2.18. The molecule has 112 valence electrons. The molecule has 0 fully saturated rings. The van der Waals surface area contributed by atoms with Gasteiger partial charge in [-0.2, -0.15) is 0 Å². The third-order valence-corrected chi connectivity index (χ3v) is 3.38. The normalized spacial score (nSPS) is 17.7. The molecule has 0 saturated heterocycles. The summed E-state index contributed by atoms with van der Waals surface area (Å²) < 4.78 is 19.3. The van der Waals surface area contributed by atoms with E-state index < -0.39 is 6.17 Å². The van der Waals surface area contributed by atoms with E-state index in [-0.39, 0.29) is 0 Å². The zero-order chi connectivity index (χ0) is 15.1. The van der Waals surface area contributed by atoms with Crippen LogP contribution in [-0.2, 0) is 0 Å². The van der Waals surface area contributed by atoms with E-state index in [1.807, 2.05) is 36.2 Å². The van der Waals surface area contributed by atoms with Crippen LogP contribution < -0.4 is 4.74 Å². The van der Waals surface area contributed by atoms with Gasteiger partial charge in [0.25, 0.3) is 0 Å². The van der Waals surface area contributed by atoms with Crippen LogP contribution in [0.15, 0.2) is 48.1 Å². The predicted molar refractivity (Wildman–Crippen MR) is 81.6 cm³/mol. The van der Waals surface area contributed by atoms with Crippen LogP contribution in [0.25, 0.3) is 0 Å². The molecule has 3 nitrogen and oxygen atoms in total. The van der Waals surface area contributed by atoms with Gasteiger partial charge < -0.3 is 4.74 Å². The van der Waals surface area contributed by atoms with Crippen LogP contribution >= 0.6 is 0 Å². The zero-order valence-electron chi connectivity index (χ0n) is 12.2. The Morgan fingerprint density at radius 1 is 1.48 bits per heavy atom. The standard InChI is InChI=1S/C17H20FNO2/c1-19(12-15-6-2-3-8-17(15)18)9-10-21-16-7-4-5-14(11-16)13-20/h2-7,11,13,17H,8-10,12H2,1H3. The van der Waals surface area contributed by atoms with Crippen LogP contribution in [0, 0.1) is 0 Å². The summed E-state index contributed by atoms with van der Waals surface area (Å²) in [4.78, 5) is 12.7. The zero-order valence-corrected chi connectivity index (χ0v) is 12.2. The van der Waals surface area contributed by atoms with Gasteiger partial charge in [-0.25, -0.2) is 4.39 Å². The number of hydrogen-bond acceptors (Lipinski definition) is 3. The van der Waals surface area contributed by atoms with E-state index in [0.29, 0.717) is 37.4 Å². The van der Waals surface area contributed by atoms with E-state index in [2.05, 4.69) is 0 Å². The van der Waals surface area contributed by atoms with Crippen LogP contribution in [0.2, 0.25) is 0 Å². The SMILES string of the molecule is CN(CCOc1cccc(C=O)c1)CC1=CC=CCC1F. The maximum atomic E-state index is 13.7. The summed E-state index contributed by atoms with van der Waals surface area (Å²) in [5, 5.41) is 0. The quantitative estimate of drug-likeness (QED) is 0.723. The monoisotopic (exact) mass is 289 g/mol. The highest BCUT2D eigenvalue weighted by Crippen LogP contribution is 2.17. The lowest BCUT2D eigenvalue weighted by atomic mass is 10.0. The van der Waals surface area contributed by atoms with Gasteiger partial charge >= 0.3 is 0 Å². The Morgan fingerprint density at radius 2 is 2.33 bits per heavy atom. The van der Waals surface area contributed by atoms with Gasteiger partial charge in [-0.3, -0.25) is 9.69 Å². The minimum Gasteiger partial charge on any atom is -0.492 e. The maximum absolute atomic E-state index is 13.7. The summed E-state index contributed by atoms with van der Waals surface area (Å²) >= 11 is 0. The van der Waals surface area contributed by atoms with Crippen molar-refractivity contribution in [2.45, 2.75) is 12.6 Å². The Hall–Kier alpha value is -1.94. The highest BCUT2D eigenvalue weighted by Gasteiger charge is 2.15. The second kappa shape index (κ2) is 7.74. The molecule has 1 aromatic carbocycles. The van der Waals surface area contributed by atoms with Gasteiger partial charge in [0.1, 0.15) is 24.8 Å². The summed E-state index contributed by atoms with van der Waals surface area (Å²) in [6.45, 7) is 1.79. The number of halogens is 1. The third kappa shape index (κ3) is 4.83. The number of alkyl halides is 1. The smallest absolute Gasteiger partial charge is 0.150 e. The fourth-order valence-electron chi connectivity index (χ4n) is 2.18. The van der Waals surface area contributed by atoms with Crippen molar-refractivity contribution < 1.29 is 13.9 Å². The molecule has 0 heterocycles. The lowest BCUT2D eigenvalue weighted by molar-refractivity contribution is 0.112. The van der Waals surface area contributed by atoms with Gasteiger partial charge in [-0.05, 0) is 24.8 Å². The van der Waals surface area contributed by atoms with E-state index in [4.69, 9.17) is 4.74 Å². The minimum atomic E-state index is -0.873. The fraction of sp³-hybridized carbons (Fsp3) is 0.353. The molecule has 0 bridgehead atoms. The summed E-state index contributed by atoms with van der Waals surface area (Å²) in [6.07, 6.45) is 5.98. The van der Waals surface area contributed by atoms with E-state index in [1.54, 1.807) is 18.2 Å². The van der Waals surface area contributed by atoms with Crippen LogP contribution in [-0.4, -0.2) is 44.1 Å². The van der Waals surface area contributed by atoms with Crippen LogP contribution in [0.1, 0.15) is 16.8 Å². The van der Waals surface area contributed by atoms with Crippen molar-refractivity contribution in [3.05, 3.63) is 53.6 Å². The molecule has 2 rings (SSSR count). The Bertz CT molecular complexity index is 539. The molecule has 0 radical (unpaired) electrons. The van der Waals surface area contributed by atoms with E-state index in [0.717, 1.165) is 11.9 Å². The third-order valence-electron chi connectivity index (χ3n) is 3.38. The molecule has 1 atom stereocenters. The van der Waals surface area contributed by atoms with Gasteiger partial charge in [0, 0.05) is 25.1 Å². The summed E-state index contributed by atoms with van der Waals surface area (Å²) in [6, 6.07) is 7.05. The highest BCUT2D eigenvalue weighted by molar-refractivity contribution is 5.75. The van der Waals surface area contributed by atoms with Gasteiger partial charge in [0.15, 0.2) is 0 Å². The molecule has 1 unspecified atom stereocenters. The van der Waals surface area contributed by atoms with E-state index in [1.165, 1.54) is 0 Å². The maximum Gasteiger partial charge on any atom is 0.150 e. The second-order valence-corrected chi connectivity index (χ2v) is 5.15. The van der Waals surface area contributed by atoms with Crippen LogP contribution in [0.3, 0.4) is 0 Å².